The summed E-state index contributed by atoms with van der Waals surface area (Å²) in [6.07, 6.45) is 4.69. The van der Waals surface area contributed by atoms with Gasteiger partial charge in [-0.15, -0.1) is 0 Å². The molecule has 0 unspecified atom stereocenters. The summed E-state index contributed by atoms with van der Waals surface area (Å²) in [5.74, 6) is 0.639. The Bertz CT molecular complexity index is 640. The highest BCUT2D eigenvalue weighted by molar-refractivity contribution is 5.84. The number of nitrogens with two attached hydrogens (primary N) is 1. The molecule has 0 bridgehead atoms. The van der Waals surface area contributed by atoms with Crippen LogP contribution in [0.25, 0.3) is 0 Å². The van der Waals surface area contributed by atoms with Crippen LogP contribution in [0.2, 0.25) is 0 Å². The number of hydrogen-bond acceptors (Lipinski definition) is 4. The van der Waals surface area contributed by atoms with Crippen LogP contribution in [-0.4, -0.2) is 52.8 Å². The van der Waals surface area contributed by atoms with Gasteiger partial charge in [0.05, 0.1) is 12.1 Å². The van der Waals surface area contributed by atoms with E-state index >= 15 is 0 Å². The first-order chi connectivity index (χ1) is 12.6. The van der Waals surface area contributed by atoms with Gasteiger partial charge in [0.1, 0.15) is 6.04 Å². The Labute approximate surface area is 163 Å². The van der Waals surface area contributed by atoms with Crippen molar-refractivity contribution in [3.8, 4) is 6.07 Å². The van der Waals surface area contributed by atoms with Crippen molar-refractivity contribution in [1.82, 2.24) is 9.80 Å². The number of amides is 2. The number of piperidine rings is 2. The van der Waals surface area contributed by atoms with Crippen LogP contribution in [0.4, 0.5) is 0 Å². The van der Waals surface area contributed by atoms with E-state index < -0.39 is 6.04 Å². The molecule has 3 aliphatic rings. The number of fused-ring (bicyclic) bond motifs is 1. The monoisotopic (exact) mass is 374 g/mol. The van der Waals surface area contributed by atoms with E-state index in [-0.39, 0.29) is 34.7 Å². The zero-order chi connectivity index (χ0) is 20.0. The summed E-state index contributed by atoms with van der Waals surface area (Å²) in [5.41, 5.74) is 6.24. The summed E-state index contributed by atoms with van der Waals surface area (Å²) in [4.78, 5) is 29.4. The van der Waals surface area contributed by atoms with Crippen molar-refractivity contribution in [2.24, 2.45) is 22.5 Å². The van der Waals surface area contributed by atoms with Crippen molar-refractivity contribution < 1.29 is 9.59 Å². The molecule has 4 atom stereocenters. The molecule has 0 aromatic rings. The van der Waals surface area contributed by atoms with Crippen molar-refractivity contribution in [2.45, 2.75) is 84.3 Å². The van der Waals surface area contributed by atoms with Crippen LogP contribution in [0.1, 0.15) is 66.2 Å². The minimum Gasteiger partial charge on any atom is -0.343 e. The maximum Gasteiger partial charge on any atom is 0.241 e. The van der Waals surface area contributed by atoms with Gasteiger partial charge in [0.25, 0.3) is 0 Å². The minimum atomic E-state index is -0.586. The minimum absolute atomic E-state index is 0.0222. The van der Waals surface area contributed by atoms with Crippen molar-refractivity contribution >= 4 is 11.8 Å². The quantitative estimate of drug-likeness (QED) is 0.817. The summed E-state index contributed by atoms with van der Waals surface area (Å²) in [5, 5.41) is 9.40. The smallest absolute Gasteiger partial charge is 0.241 e. The van der Waals surface area contributed by atoms with Crippen molar-refractivity contribution in [3.63, 3.8) is 0 Å². The highest BCUT2D eigenvalue weighted by Gasteiger charge is 2.56. The molecule has 2 aliphatic heterocycles. The molecule has 6 nitrogen and oxygen atoms in total. The Hall–Kier alpha value is -1.61. The van der Waals surface area contributed by atoms with Gasteiger partial charge in [-0.1, -0.05) is 27.7 Å². The maximum atomic E-state index is 13.2. The fraction of sp³-hybridized carbons (Fsp3) is 0.857. The Balaban J connectivity index is 1.65. The number of carbonyl (C=O) groups excluding carboxylic acids is 2. The Morgan fingerprint density at radius 2 is 1.89 bits per heavy atom. The topological polar surface area (TPSA) is 90.4 Å². The van der Waals surface area contributed by atoms with Gasteiger partial charge >= 0.3 is 0 Å². The largest absolute Gasteiger partial charge is 0.343 e. The lowest BCUT2D eigenvalue weighted by Crippen LogP contribution is -2.58. The SMILES string of the molecule is CCC1([C@H](N)C(=O)N2[C@H](C#N)C[C@@H]3C[C@@H]32)CCN(C(=O)CC(C)(C)C)CC1. The molecule has 150 valence electrons. The zero-order valence-corrected chi connectivity index (χ0v) is 17.2. The predicted octanol–water partition coefficient (Wildman–Crippen LogP) is 2.28. The number of rotatable bonds is 4. The van der Waals surface area contributed by atoms with Crippen molar-refractivity contribution in [3.05, 3.63) is 0 Å². The zero-order valence-electron chi connectivity index (χ0n) is 17.2. The molecular formula is C21H34N4O2. The molecule has 1 saturated carbocycles. The standard InChI is InChI=1S/C21H34N4O2/c1-5-21(6-8-24(9-7-21)17(26)12-20(2,3)4)18(23)19(27)25-15(13-22)10-14-11-16(14)25/h14-16,18H,5-12,23H2,1-4H3/t14-,15+,16+,18-/m1/s1. The third kappa shape index (κ3) is 3.85. The first-order valence-electron chi connectivity index (χ1n) is 10.4. The van der Waals surface area contributed by atoms with Crippen LogP contribution in [0.3, 0.4) is 0 Å². The molecule has 1 aliphatic carbocycles. The summed E-state index contributed by atoms with van der Waals surface area (Å²) in [6.45, 7) is 9.64. The first-order valence-corrected chi connectivity index (χ1v) is 10.4. The van der Waals surface area contributed by atoms with E-state index in [0.29, 0.717) is 25.4 Å². The lowest BCUT2D eigenvalue weighted by molar-refractivity contribution is -0.140. The molecule has 3 fully saturated rings. The van der Waals surface area contributed by atoms with Gasteiger partial charge in [-0.3, -0.25) is 9.59 Å². The van der Waals surface area contributed by atoms with Gasteiger partial charge in [0.2, 0.25) is 11.8 Å². The molecule has 3 rings (SSSR count). The molecule has 2 heterocycles. The molecule has 0 radical (unpaired) electrons. The average Bonchev–Trinajstić information content (AvgIpc) is 3.29. The van der Waals surface area contributed by atoms with Gasteiger partial charge in [-0.25, -0.2) is 0 Å². The predicted molar refractivity (Wildman–Crippen MR) is 103 cm³/mol. The second-order valence-corrected chi connectivity index (χ2v) is 10.0. The molecule has 27 heavy (non-hydrogen) atoms. The molecule has 2 amide bonds. The van der Waals surface area contributed by atoms with Gasteiger partial charge in [0, 0.05) is 25.6 Å². The van der Waals surface area contributed by atoms with Gasteiger partial charge in [-0.05, 0) is 48.9 Å². The van der Waals surface area contributed by atoms with Gasteiger partial charge in [-0.2, -0.15) is 5.26 Å². The van der Waals surface area contributed by atoms with E-state index in [1.165, 1.54) is 0 Å². The third-order valence-electron chi connectivity index (χ3n) is 6.93. The van der Waals surface area contributed by atoms with Gasteiger partial charge < -0.3 is 15.5 Å². The highest BCUT2D eigenvalue weighted by atomic mass is 16.2. The highest BCUT2D eigenvalue weighted by Crippen LogP contribution is 2.49. The van der Waals surface area contributed by atoms with E-state index in [2.05, 4.69) is 33.8 Å². The second kappa shape index (κ2) is 7.09. The van der Waals surface area contributed by atoms with E-state index in [1.807, 2.05) is 4.90 Å². The Kier molecular flexibility index (Phi) is 5.28. The normalized spacial score (nSPS) is 30.4. The third-order valence-corrected chi connectivity index (χ3v) is 6.93. The van der Waals surface area contributed by atoms with Crippen LogP contribution in [-0.2, 0) is 9.59 Å². The maximum absolute atomic E-state index is 13.2. The fourth-order valence-corrected chi connectivity index (χ4v) is 4.96. The molecule has 2 N–H and O–H groups in total. The molecule has 0 spiro atoms. The molecule has 0 aromatic carbocycles. The summed E-state index contributed by atoms with van der Waals surface area (Å²) in [6, 6.07) is 1.62. The van der Waals surface area contributed by atoms with Crippen LogP contribution in [0.5, 0.6) is 0 Å². The van der Waals surface area contributed by atoms with E-state index in [9.17, 15) is 14.9 Å². The van der Waals surface area contributed by atoms with E-state index in [0.717, 1.165) is 32.1 Å². The molecular weight excluding hydrogens is 340 g/mol. The summed E-state index contributed by atoms with van der Waals surface area (Å²) < 4.78 is 0. The molecule has 2 saturated heterocycles. The molecule has 0 aromatic heterocycles. The van der Waals surface area contributed by atoms with Gasteiger partial charge in [0.15, 0.2) is 0 Å². The van der Waals surface area contributed by atoms with E-state index in [1.54, 1.807) is 4.90 Å². The van der Waals surface area contributed by atoms with Crippen LogP contribution < -0.4 is 5.73 Å². The number of carbonyl (C=O) groups is 2. The second-order valence-electron chi connectivity index (χ2n) is 10.0. The lowest BCUT2D eigenvalue weighted by atomic mass is 9.70. The summed E-state index contributed by atoms with van der Waals surface area (Å²) >= 11 is 0. The van der Waals surface area contributed by atoms with Crippen molar-refractivity contribution in [2.75, 3.05) is 13.1 Å². The Morgan fingerprint density at radius 3 is 2.41 bits per heavy atom. The fourth-order valence-electron chi connectivity index (χ4n) is 4.96. The number of hydrogen-bond donors (Lipinski definition) is 1. The van der Waals surface area contributed by atoms with E-state index in [4.69, 9.17) is 5.73 Å². The number of nitrogens with zero attached hydrogens (tertiary/aromatic N) is 3. The lowest BCUT2D eigenvalue weighted by Gasteiger charge is -2.45. The number of likely N-dealkylation sites (tertiary alicyclic amines) is 2. The van der Waals surface area contributed by atoms with Crippen LogP contribution in [0.15, 0.2) is 0 Å². The summed E-state index contributed by atoms with van der Waals surface area (Å²) in [7, 11) is 0. The van der Waals surface area contributed by atoms with Crippen LogP contribution >= 0.6 is 0 Å². The molecule has 6 heteroatoms. The van der Waals surface area contributed by atoms with Crippen LogP contribution in [0, 0.1) is 28.1 Å². The number of nitriles is 1. The Morgan fingerprint density at radius 1 is 1.26 bits per heavy atom. The van der Waals surface area contributed by atoms with Crippen molar-refractivity contribution in [1.29, 1.82) is 5.26 Å². The average molecular weight is 375 g/mol. The first kappa shape index (κ1) is 20.1.